The summed E-state index contributed by atoms with van der Waals surface area (Å²) < 4.78 is 0. The van der Waals surface area contributed by atoms with E-state index in [-0.39, 0.29) is 6.10 Å². The third-order valence-corrected chi connectivity index (χ3v) is 8.45. The summed E-state index contributed by atoms with van der Waals surface area (Å²) in [6.07, 6.45) is 48.9. The summed E-state index contributed by atoms with van der Waals surface area (Å²) in [7, 11) is 0. The number of hydrogen-bond acceptors (Lipinski definition) is 1. The first-order valence-electron chi connectivity index (χ1n) is 25.3. The first kappa shape index (κ1) is 70.7. The van der Waals surface area contributed by atoms with Crippen molar-refractivity contribution >= 4 is 0 Å². The topological polar surface area (TPSA) is 20.2 Å². The van der Waals surface area contributed by atoms with Crippen LogP contribution in [0.15, 0.2) is 0 Å². The van der Waals surface area contributed by atoms with E-state index >= 15 is 0 Å². The first-order chi connectivity index (χ1) is 25.6. The Balaban J connectivity index is -0.0000000731. The van der Waals surface area contributed by atoms with Gasteiger partial charge < -0.3 is 5.11 Å². The van der Waals surface area contributed by atoms with Gasteiger partial charge in [-0.05, 0) is 13.8 Å². The molecule has 1 nitrogen and oxygen atoms in total. The second-order valence-electron chi connectivity index (χ2n) is 15.5. The molecule has 0 saturated heterocycles. The number of aliphatic hydroxyl groups excluding tert-OH is 1. The van der Waals surface area contributed by atoms with E-state index in [1.807, 2.05) is 0 Å². The Bertz CT molecular complexity index is 275. The lowest BCUT2D eigenvalue weighted by Crippen LogP contribution is -1.85. The van der Waals surface area contributed by atoms with Crippen molar-refractivity contribution in [3.8, 4) is 0 Å². The molecule has 0 radical (unpaired) electrons. The lowest BCUT2D eigenvalue weighted by Gasteiger charge is -1.90. The number of aliphatic hydroxyl groups is 1. The van der Waals surface area contributed by atoms with Crippen LogP contribution >= 0.6 is 0 Å². The first-order valence-corrected chi connectivity index (χ1v) is 25.3. The molecule has 334 valence electrons. The molecule has 1 N–H and O–H groups in total. The summed E-state index contributed by atoms with van der Waals surface area (Å²) in [4.78, 5) is 0. The zero-order valence-electron chi connectivity index (χ0n) is 41.8. The predicted octanol–water partition coefficient (Wildman–Crippen LogP) is 21.2. The van der Waals surface area contributed by atoms with Crippen molar-refractivity contribution in [1.82, 2.24) is 0 Å². The largest absolute Gasteiger partial charge is 0.394 e. The predicted molar refractivity (Wildman–Crippen MR) is 258 cm³/mol. The van der Waals surface area contributed by atoms with Crippen LogP contribution in [-0.4, -0.2) is 11.2 Å². The molecule has 0 aliphatic heterocycles. The van der Waals surface area contributed by atoms with Crippen LogP contribution in [-0.2, 0) is 0 Å². The molecule has 0 heterocycles. The van der Waals surface area contributed by atoms with E-state index in [1.165, 1.54) is 225 Å². The fourth-order valence-electron chi connectivity index (χ4n) is 4.74. The van der Waals surface area contributed by atoms with Crippen molar-refractivity contribution < 1.29 is 5.11 Å². The fourth-order valence-corrected chi connectivity index (χ4v) is 4.74. The van der Waals surface area contributed by atoms with Crippen LogP contribution in [0, 0.1) is 0 Å². The third kappa shape index (κ3) is 166. The van der Waals surface area contributed by atoms with E-state index in [0.717, 1.165) is 0 Å². The van der Waals surface area contributed by atoms with Gasteiger partial charge in [0.1, 0.15) is 0 Å². The Hall–Kier alpha value is -0.0400. The van der Waals surface area contributed by atoms with Crippen molar-refractivity contribution in [1.29, 1.82) is 0 Å². The summed E-state index contributed by atoms with van der Waals surface area (Å²) >= 11 is 0. The SMILES string of the molecule is CC(C)O.CCCCCCC.CCCCCCC.CCCCCCC.CCCCCCC.CCCCCCC.CCCCCCC.CCCCCCC. The van der Waals surface area contributed by atoms with Gasteiger partial charge in [-0.1, -0.05) is 322 Å². The van der Waals surface area contributed by atoms with Gasteiger partial charge >= 0.3 is 0 Å². The van der Waals surface area contributed by atoms with Crippen LogP contribution in [0.5, 0.6) is 0 Å². The Morgan fingerprint density at radius 1 is 0.189 bits per heavy atom. The van der Waals surface area contributed by atoms with Gasteiger partial charge in [-0.2, -0.15) is 0 Å². The van der Waals surface area contributed by atoms with Crippen LogP contribution in [0.1, 0.15) is 336 Å². The molecule has 0 aliphatic rings. The van der Waals surface area contributed by atoms with Gasteiger partial charge in [0.15, 0.2) is 0 Å². The highest BCUT2D eigenvalue weighted by Gasteiger charge is 1.84. The molecule has 0 aromatic carbocycles. The normalized spacial score (nSPS) is 9.40. The van der Waals surface area contributed by atoms with E-state index in [1.54, 1.807) is 13.8 Å². The second kappa shape index (κ2) is 93.6. The molecule has 0 aromatic heterocycles. The van der Waals surface area contributed by atoms with Crippen LogP contribution in [0.4, 0.5) is 0 Å². The van der Waals surface area contributed by atoms with E-state index in [4.69, 9.17) is 5.11 Å². The molecule has 1 heteroatoms. The molecule has 0 spiro atoms. The summed E-state index contributed by atoms with van der Waals surface area (Å²) in [5.74, 6) is 0. The molecule has 0 aromatic rings. The zero-order chi connectivity index (χ0) is 42.3. The molecular formula is C52H120O. The summed E-state index contributed by atoms with van der Waals surface area (Å²) in [6, 6.07) is 0. The van der Waals surface area contributed by atoms with E-state index < -0.39 is 0 Å². The van der Waals surface area contributed by atoms with Gasteiger partial charge in [0.25, 0.3) is 0 Å². The Morgan fingerprint density at radius 2 is 0.245 bits per heavy atom. The van der Waals surface area contributed by atoms with Gasteiger partial charge in [0.2, 0.25) is 0 Å². The van der Waals surface area contributed by atoms with E-state index in [2.05, 4.69) is 96.9 Å². The van der Waals surface area contributed by atoms with Gasteiger partial charge in [0, 0.05) is 6.10 Å². The minimum absolute atomic E-state index is 0.167. The molecule has 0 bridgehead atoms. The Labute approximate surface area is 345 Å². The number of unbranched alkanes of at least 4 members (excludes halogenated alkanes) is 28. The van der Waals surface area contributed by atoms with Crippen LogP contribution in [0.3, 0.4) is 0 Å². The van der Waals surface area contributed by atoms with E-state index in [9.17, 15) is 0 Å². The lowest BCUT2D eigenvalue weighted by atomic mass is 10.2. The van der Waals surface area contributed by atoms with Crippen LogP contribution in [0.2, 0.25) is 0 Å². The number of rotatable bonds is 28. The van der Waals surface area contributed by atoms with Crippen molar-refractivity contribution in [2.24, 2.45) is 0 Å². The molecule has 0 aliphatic carbocycles. The summed E-state index contributed by atoms with van der Waals surface area (Å²) in [5, 5.41) is 8.06. The molecule has 0 amide bonds. The summed E-state index contributed by atoms with van der Waals surface area (Å²) in [6.45, 7) is 34.9. The molecule has 0 rings (SSSR count). The molecule has 53 heavy (non-hydrogen) atoms. The maximum atomic E-state index is 8.06. The third-order valence-electron chi connectivity index (χ3n) is 8.45. The minimum atomic E-state index is -0.167. The van der Waals surface area contributed by atoms with Gasteiger partial charge in [-0.15, -0.1) is 0 Å². The second-order valence-corrected chi connectivity index (χ2v) is 15.5. The zero-order valence-corrected chi connectivity index (χ0v) is 41.8. The molecule has 0 unspecified atom stereocenters. The Kier molecular flexibility index (Phi) is 125. The average Bonchev–Trinajstić information content (AvgIpc) is 3.15. The highest BCUT2D eigenvalue weighted by atomic mass is 16.3. The standard InChI is InChI=1S/7C7H16.C3H8O/c7*1-3-5-7-6-4-2;1-3(2)4/h7*3-7H2,1-2H3;3-4H,1-2H3. The van der Waals surface area contributed by atoms with Gasteiger partial charge in [0.05, 0.1) is 0 Å². The van der Waals surface area contributed by atoms with Crippen LogP contribution in [0.25, 0.3) is 0 Å². The van der Waals surface area contributed by atoms with Crippen molar-refractivity contribution in [3.63, 3.8) is 0 Å². The van der Waals surface area contributed by atoms with Gasteiger partial charge in [-0.3, -0.25) is 0 Å². The molecule has 0 atom stereocenters. The maximum absolute atomic E-state index is 8.06. The number of hydrogen-bond donors (Lipinski definition) is 1. The molecule has 0 fully saturated rings. The molecule has 0 saturated carbocycles. The van der Waals surface area contributed by atoms with Crippen LogP contribution < -0.4 is 0 Å². The smallest absolute Gasteiger partial charge is 0.0483 e. The lowest BCUT2D eigenvalue weighted by molar-refractivity contribution is 0.216. The van der Waals surface area contributed by atoms with Crippen molar-refractivity contribution in [3.05, 3.63) is 0 Å². The highest BCUT2D eigenvalue weighted by molar-refractivity contribution is 4.39. The fraction of sp³-hybridized carbons (Fsp3) is 1.00. The monoisotopic (exact) mass is 761 g/mol. The van der Waals surface area contributed by atoms with Gasteiger partial charge in [-0.25, -0.2) is 0 Å². The van der Waals surface area contributed by atoms with Crippen molar-refractivity contribution in [2.75, 3.05) is 0 Å². The summed E-state index contributed by atoms with van der Waals surface area (Å²) in [5.41, 5.74) is 0. The quantitative estimate of drug-likeness (QED) is 0.0788. The minimum Gasteiger partial charge on any atom is -0.394 e. The Morgan fingerprint density at radius 3 is 0.283 bits per heavy atom. The molecular weight excluding hydrogens is 641 g/mol. The van der Waals surface area contributed by atoms with E-state index in [0.29, 0.717) is 0 Å². The van der Waals surface area contributed by atoms with Crippen molar-refractivity contribution in [2.45, 2.75) is 342 Å². The average molecular weight is 762 g/mol. The maximum Gasteiger partial charge on any atom is 0.0483 e. The highest BCUT2D eigenvalue weighted by Crippen LogP contribution is 2.03.